The van der Waals surface area contributed by atoms with E-state index in [1.807, 2.05) is 38.1 Å². The normalized spacial score (nSPS) is 16.4. The lowest BCUT2D eigenvalue weighted by molar-refractivity contribution is -0.135. The van der Waals surface area contributed by atoms with Crippen LogP contribution in [0.2, 0.25) is 0 Å². The average molecular weight is 812 g/mol. The van der Waals surface area contributed by atoms with E-state index in [1.54, 1.807) is 0 Å². The van der Waals surface area contributed by atoms with Crippen LogP contribution in [0.15, 0.2) is 42.2 Å². The number of carbonyl (C=O) groups excluding carboxylic acids is 4. The molecule has 14 heteroatoms. The van der Waals surface area contributed by atoms with E-state index in [9.17, 15) is 19.2 Å². The van der Waals surface area contributed by atoms with Crippen LogP contribution in [0, 0.1) is 25.7 Å². The number of rotatable bonds is 8. The van der Waals surface area contributed by atoms with Crippen molar-refractivity contribution in [3.63, 3.8) is 0 Å². The molecule has 4 N–H and O–H groups in total. The highest BCUT2D eigenvalue weighted by atomic mass is 79.9. The van der Waals surface area contributed by atoms with Crippen molar-refractivity contribution in [1.29, 1.82) is 0 Å². The molecule has 2 aromatic carbocycles. The molecule has 4 amide bonds. The van der Waals surface area contributed by atoms with Crippen LogP contribution in [0.4, 0.5) is 0 Å². The number of halogens is 4. The quantitative estimate of drug-likeness (QED) is 0.280. The van der Waals surface area contributed by atoms with Crippen molar-refractivity contribution < 1.29 is 28.7 Å². The lowest BCUT2D eigenvalue weighted by atomic mass is 9.81. The van der Waals surface area contributed by atoms with Crippen LogP contribution < -0.4 is 31.2 Å². The first-order chi connectivity index (χ1) is 18.9. The molecule has 1 fully saturated rings. The first-order valence-electron chi connectivity index (χ1n) is 12.3. The number of hydrogen-bond acceptors (Lipinski definition) is 6. The van der Waals surface area contributed by atoms with Gasteiger partial charge in [-0.05, 0) is 107 Å². The van der Waals surface area contributed by atoms with Crippen LogP contribution in [-0.4, -0.2) is 36.8 Å². The van der Waals surface area contributed by atoms with Gasteiger partial charge in [-0.2, -0.15) is 0 Å². The lowest BCUT2D eigenvalue weighted by Crippen LogP contribution is -2.49. The van der Waals surface area contributed by atoms with Crippen molar-refractivity contribution in [3.8, 4) is 11.5 Å². The van der Waals surface area contributed by atoms with Crippen molar-refractivity contribution in [2.75, 3.05) is 13.2 Å². The predicted octanol–water partition coefficient (Wildman–Crippen LogP) is 4.91. The SMILES string of the molecule is Cc1cc(Br)cc(Br)c1OCC(=O)NNC(=O)C1CCC(C(=O)NNC(=O)COc2c(C)cc(Br)cc2Br)CC1. The molecule has 1 saturated carbocycles. The zero-order valence-corrected chi connectivity index (χ0v) is 28.0. The Morgan fingerprint density at radius 1 is 0.650 bits per heavy atom. The predicted molar refractivity (Wildman–Crippen MR) is 162 cm³/mol. The molecular formula is C26H28Br4N4O6. The highest BCUT2D eigenvalue weighted by Gasteiger charge is 2.30. The number of aryl methyl sites for hydroxylation is 2. The second kappa shape index (κ2) is 15.2. The Morgan fingerprint density at radius 3 is 1.32 bits per heavy atom. The van der Waals surface area contributed by atoms with Gasteiger partial charge in [0, 0.05) is 20.8 Å². The fourth-order valence-electron chi connectivity index (χ4n) is 4.18. The molecule has 3 rings (SSSR count). The maximum atomic E-state index is 12.5. The monoisotopic (exact) mass is 808 g/mol. The Bertz CT molecular complexity index is 1140. The van der Waals surface area contributed by atoms with Crippen LogP contribution in [-0.2, 0) is 19.2 Å². The van der Waals surface area contributed by atoms with E-state index in [0.717, 1.165) is 20.1 Å². The molecule has 0 atom stereocenters. The van der Waals surface area contributed by atoms with Crippen LogP contribution in [0.1, 0.15) is 36.8 Å². The van der Waals surface area contributed by atoms with E-state index in [1.165, 1.54) is 0 Å². The van der Waals surface area contributed by atoms with Crippen molar-refractivity contribution in [2.45, 2.75) is 39.5 Å². The van der Waals surface area contributed by atoms with E-state index in [4.69, 9.17) is 9.47 Å². The summed E-state index contributed by atoms with van der Waals surface area (Å²) in [7, 11) is 0. The molecule has 0 spiro atoms. The Labute approximate surface area is 265 Å². The summed E-state index contributed by atoms with van der Waals surface area (Å²) >= 11 is 13.6. The van der Waals surface area contributed by atoms with E-state index in [0.29, 0.717) is 46.1 Å². The summed E-state index contributed by atoms with van der Waals surface area (Å²) in [5.41, 5.74) is 11.3. The molecule has 0 unspecified atom stereocenters. The summed E-state index contributed by atoms with van der Waals surface area (Å²) in [5, 5.41) is 0. The summed E-state index contributed by atoms with van der Waals surface area (Å²) in [6, 6.07) is 7.35. The fourth-order valence-corrected chi connectivity index (χ4v) is 7.28. The molecule has 2 aromatic rings. The third-order valence-electron chi connectivity index (χ3n) is 6.20. The Hall–Kier alpha value is -2.16. The van der Waals surface area contributed by atoms with Gasteiger partial charge in [0.05, 0.1) is 8.95 Å². The molecule has 0 heterocycles. The van der Waals surface area contributed by atoms with Crippen LogP contribution in [0.5, 0.6) is 11.5 Å². The van der Waals surface area contributed by atoms with Crippen LogP contribution in [0.25, 0.3) is 0 Å². The van der Waals surface area contributed by atoms with Gasteiger partial charge < -0.3 is 9.47 Å². The first-order valence-corrected chi connectivity index (χ1v) is 15.5. The zero-order valence-electron chi connectivity index (χ0n) is 21.7. The average Bonchev–Trinajstić information content (AvgIpc) is 2.89. The molecule has 0 bridgehead atoms. The zero-order chi connectivity index (χ0) is 29.4. The molecule has 0 aromatic heterocycles. The van der Waals surface area contributed by atoms with Crippen LogP contribution in [0.3, 0.4) is 0 Å². The number of benzene rings is 2. The number of nitrogens with one attached hydrogen (secondary N) is 4. The highest BCUT2D eigenvalue weighted by molar-refractivity contribution is 9.11. The van der Waals surface area contributed by atoms with Gasteiger partial charge in [-0.15, -0.1) is 0 Å². The minimum atomic E-state index is -0.502. The number of hydrogen-bond donors (Lipinski definition) is 4. The van der Waals surface area contributed by atoms with Crippen molar-refractivity contribution >= 4 is 87.3 Å². The molecule has 1 aliphatic rings. The standard InChI is InChI=1S/C26H28Br4N4O6/c1-13-7-17(27)9-19(29)23(13)39-11-21(35)31-33-25(37)15-3-5-16(6-4-15)26(38)34-32-22(36)12-40-24-14(2)8-18(28)10-20(24)30/h7-10,15-16H,3-6,11-12H2,1-2H3,(H,31,35)(H,32,36)(H,33,37)(H,34,38). The van der Waals surface area contributed by atoms with Crippen LogP contribution >= 0.6 is 63.7 Å². The molecular weight excluding hydrogens is 784 g/mol. The fraction of sp³-hybridized carbons (Fsp3) is 0.385. The number of ether oxygens (including phenoxy) is 2. The van der Waals surface area contributed by atoms with Gasteiger partial charge in [-0.25, -0.2) is 0 Å². The maximum Gasteiger partial charge on any atom is 0.276 e. The molecule has 0 radical (unpaired) electrons. The summed E-state index contributed by atoms with van der Waals surface area (Å²) < 4.78 is 14.3. The van der Waals surface area contributed by atoms with E-state index in [-0.39, 0.29) is 36.9 Å². The second-order valence-electron chi connectivity index (χ2n) is 9.27. The molecule has 40 heavy (non-hydrogen) atoms. The van der Waals surface area contributed by atoms with E-state index < -0.39 is 11.8 Å². The van der Waals surface area contributed by atoms with Crippen molar-refractivity contribution in [1.82, 2.24) is 21.7 Å². The third kappa shape index (κ3) is 9.45. The van der Waals surface area contributed by atoms with E-state index in [2.05, 4.69) is 85.4 Å². The number of amides is 4. The van der Waals surface area contributed by atoms with Gasteiger partial charge in [0.25, 0.3) is 11.8 Å². The second-order valence-corrected chi connectivity index (χ2v) is 12.8. The molecule has 0 aliphatic heterocycles. The minimum Gasteiger partial charge on any atom is -0.482 e. The third-order valence-corrected chi connectivity index (χ3v) is 8.30. The van der Waals surface area contributed by atoms with E-state index >= 15 is 0 Å². The minimum absolute atomic E-state index is 0.273. The van der Waals surface area contributed by atoms with Crippen molar-refractivity contribution in [2.24, 2.45) is 11.8 Å². The molecule has 10 nitrogen and oxygen atoms in total. The van der Waals surface area contributed by atoms with Gasteiger partial charge in [-0.1, -0.05) is 31.9 Å². The summed E-state index contributed by atoms with van der Waals surface area (Å²) in [5.74, 6) is -1.26. The molecule has 216 valence electrons. The molecule has 0 saturated heterocycles. The Morgan fingerprint density at radius 2 is 1.00 bits per heavy atom. The Balaban J connectivity index is 1.33. The molecule has 1 aliphatic carbocycles. The Kier molecular flexibility index (Phi) is 12.3. The number of hydrazine groups is 2. The smallest absolute Gasteiger partial charge is 0.276 e. The maximum absolute atomic E-state index is 12.5. The summed E-state index contributed by atoms with van der Waals surface area (Å²) in [6.45, 7) is 3.17. The van der Waals surface area contributed by atoms with Gasteiger partial charge >= 0.3 is 0 Å². The topological polar surface area (TPSA) is 135 Å². The number of carbonyl (C=O) groups is 4. The van der Waals surface area contributed by atoms with Crippen molar-refractivity contribution in [3.05, 3.63) is 53.3 Å². The van der Waals surface area contributed by atoms with Gasteiger partial charge in [-0.3, -0.25) is 40.9 Å². The highest BCUT2D eigenvalue weighted by Crippen LogP contribution is 2.33. The first kappa shape index (κ1) is 32.4. The summed E-state index contributed by atoms with van der Waals surface area (Å²) in [6.07, 6.45) is 1.87. The lowest BCUT2D eigenvalue weighted by Gasteiger charge is -2.27. The van der Waals surface area contributed by atoms with Gasteiger partial charge in [0.15, 0.2) is 13.2 Å². The largest absolute Gasteiger partial charge is 0.482 e. The van der Waals surface area contributed by atoms with Gasteiger partial charge in [0.2, 0.25) is 11.8 Å². The van der Waals surface area contributed by atoms with Gasteiger partial charge in [0.1, 0.15) is 11.5 Å². The summed E-state index contributed by atoms with van der Waals surface area (Å²) in [4.78, 5) is 49.3.